The maximum atomic E-state index is 12.2. The summed E-state index contributed by atoms with van der Waals surface area (Å²) in [7, 11) is 3.15. The third kappa shape index (κ3) is 2.18. The lowest BCUT2D eigenvalue weighted by Crippen LogP contribution is -2.37. The Labute approximate surface area is 116 Å². The van der Waals surface area contributed by atoms with E-state index in [-0.39, 0.29) is 11.2 Å². The molecule has 0 unspecified atom stereocenters. The normalized spacial score (nSPS) is 11.4. The Kier molecular flexibility index (Phi) is 4.08. The average Bonchev–Trinajstić information content (AvgIpc) is 2.80. The van der Waals surface area contributed by atoms with E-state index in [9.17, 15) is 9.59 Å². The van der Waals surface area contributed by atoms with Gasteiger partial charge in [0.25, 0.3) is 5.56 Å². The summed E-state index contributed by atoms with van der Waals surface area (Å²) in [5.74, 6) is 0.825. The molecule has 7 heteroatoms. The molecular formula is C13H21N5O2. The van der Waals surface area contributed by atoms with Crippen LogP contribution in [0.5, 0.6) is 0 Å². The molecular weight excluding hydrogens is 258 g/mol. The molecule has 2 N–H and O–H groups in total. The molecule has 0 aliphatic carbocycles. The fourth-order valence-corrected chi connectivity index (χ4v) is 2.44. The highest BCUT2D eigenvalue weighted by Gasteiger charge is 2.17. The SMILES string of the molecule is CCCn1c(CCCN)nc2c(=O)n(C)c(=O)n(C)c21. The molecule has 2 aromatic heterocycles. The first kappa shape index (κ1) is 14.5. The second kappa shape index (κ2) is 5.62. The lowest BCUT2D eigenvalue weighted by molar-refractivity contribution is 0.617. The number of nitrogens with zero attached hydrogens (tertiary/aromatic N) is 4. The zero-order valence-corrected chi connectivity index (χ0v) is 12.2. The summed E-state index contributed by atoms with van der Waals surface area (Å²) in [6.07, 6.45) is 2.42. The zero-order valence-electron chi connectivity index (χ0n) is 12.2. The number of hydrogen-bond acceptors (Lipinski definition) is 4. The summed E-state index contributed by atoms with van der Waals surface area (Å²) >= 11 is 0. The van der Waals surface area contributed by atoms with Crippen LogP contribution in [0, 0.1) is 0 Å². The number of nitrogens with two attached hydrogens (primary N) is 1. The van der Waals surface area contributed by atoms with Crippen molar-refractivity contribution < 1.29 is 0 Å². The second-order valence-corrected chi connectivity index (χ2v) is 4.95. The van der Waals surface area contributed by atoms with Crippen molar-refractivity contribution in [2.45, 2.75) is 32.7 Å². The lowest BCUT2D eigenvalue weighted by atomic mass is 10.3. The number of aromatic nitrogens is 4. The largest absolute Gasteiger partial charge is 0.332 e. The Balaban J connectivity index is 2.80. The van der Waals surface area contributed by atoms with Crippen molar-refractivity contribution in [1.29, 1.82) is 0 Å². The Morgan fingerprint density at radius 1 is 1.20 bits per heavy atom. The van der Waals surface area contributed by atoms with Gasteiger partial charge >= 0.3 is 5.69 Å². The van der Waals surface area contributed by atoms with E-state index in [1.54, 1.807) is 7.05 Å². The minimum absolute atomic E-state index is 0.329. The summed E-state index contributed by atoms with van der Waals surface area (Å²) in [4.78, 5) is 28.7. The molecule has 0 atom stereocenters. The first-order valence-corrected chi connectivity index (χ1v) is 6.88. The molecule has 0 saturated heterocycles. The first-order valence-electron chi connectivity index (χ1n) is 6.88. The molecule has 0 spiro atoms. The van der Waals surface area contributed by atoms with Crippen LogP contribution in [0.3, 0.4) is 0 Å². The predicted octanol–water partition coefficient (Wildman–Crippen LogP) is -0.265. The molecule has 0 radical (unpaired) electrons. The Hall–Kier alpha value is -1.89. The molecule has 110 valence electrons. The van der Waals surface area contributed by atoms with Gasteiger partial charge < -0.3 is 10.3 Å². The fourth-order valence-electron chi connectivity index (χ4n) is 2.44. The van der Waals surface area contributed by atoms with E-state index in [2.05, 4.69) is 11.9 Å². The highest BCUT2D eigenvalue weighted by molar-refractivity contribution is 5.70. The summed E-state index contributed by atoms with van der Waals surface area (Å²) in [6.45, 7) is 3.36. The van der Waals surface area contributed by atoms with Crippen LogP contribution in [0.1, 0.15) is 25.6 Å². The summed E-state index contributed by atoms with van der Waals surface area (Å²) in [6, 6.07) is 0. The quantitative estimate of drug-likeness (QED) is 0.816. The van der Waals surface area contributed by atoms with Crippen molar-refractivity contribution in [3.63, 3.8) is 0 Å². The number of imidazole rings is 1. The fraction of sp³-hybridized carbons (Fsp3) is 0.615. The van der Waals surface area contributed by atoms with Crippen LogP contribution >= 0.6 is 0 Å². The van der Waals surface area contributed by atoms with Gasteiger partial charge in [0.2, 0.25) is 0 Å². The number of rotatable bonds is 5. The van der Waals surface area contributed by atoms with Crippen LogP contribution in [-0.4, -0.2) is 25.2 Å². The molecule has 0 aromatic carbocycles. The second-order valence-electron chi connectivity index (χ2n) is 4.95. The van der Waals surface area contributed by atoms with E-state index < -0.39 is 0 Å². The maximum Gasteiger partial charge on any atom is 0.332 e. The van der Waals surface area contributed by atoms with Crippen molar-refractivity contribution >= 4 is 11.2 Å². The van der Waals surface area contributed by atoms with Crippen LogP contribution in [0.4, 0.5) is 0 Å². The van der Waals surface area contributed by atoms with Gasteiger partial charge in [-0.3, -0.25) is 13.9 Å². The molecule has 0 aliphatic heterocycles. The first-order chi connectivity index (χ1) is 9.52. The standard InChI is InChI=1S/C13H21N5O2/c1-4-8-18-9(6-5-7-14)15-10-11(18)16(2)13(20)17(3)12(10)19/h4-8,14H2,1-3H3. The van der Waals surface area contributed by atoms with Crippen LogP contribution in [0.25, 0.3) is 11.2 Å². The molecule has 20 heavy (non-hydrogen) atoms. The molecule has 2 rings (SSSR count). The lowest BCUT2D eigenvalue weighted by Gasteiger charge is -2.10. The van der Waals surface area contributed by atoms with E-state index in [1.165, 1.54) is 11.6 Å². The predicted molar refractivity (Wildman–Crippen MR) is 77.9 cm³/mol. The van der Waals surface area contributed by atoms with Gasteiger partial charge in [-0.25, -0.2) is 9.78 Å². The summed E-state index contributed by atoms with van der Waals surface area (Å²) < 4.78 is 4.55. The monoisotopic (exact) mass is 279 g/mol. The molecule has 0 bridgehead atoms. The van der Waals surface area contributed by atoms with E-state index in [1.807, 2.05) is 4.57 Å². The third-order valence-corrected chi connectivity index (χ3v) is 3.47. The van der Waals surface area contributed by atoms with Crippen LogP contribution in [0.15, 0.2) is 9.59 Å². The van der Waals surface area contributed by atoms with Crippen molar-refractivity contribution in [3.05, 3.63) is 26.7 Å². The molecule has 0 fully saturated rings. The highest BCUT2D eigenvalue weighted by Crippen LogP contribution is 2.13. The van der Waals surface area contributed by atoms with E-state index >= 15 is 0 Å². The van der Waals surface area contributed by atoms with Gasteiger partial charge in [0.1, 0.15) is 11.5 Å². The zero-order chi connectivity index (χ0) is 14.9. The van der Waals surface area contributed by atoms with Gasteiger partial charge in [-0.1, -0.05) is 6.92 Å². The van der Waals surface area contributed by atoms with Crippen LogP contribution < -0.4 is 17.0 Å². The number of hydrogen-bond donors (Lipinski definition) is 1. The van der Waals surface area contributed by atoms with E-state index in [4.69, 9.17) is 5.73 Å². The Morgan fingerprint density at radius 2 is 1.90 bits per heavy atom. The number of fused-ring (bicyclic) bond motifs is 1. The summed E-state index contributed by atoms with van der Waals surface area (Å²) in [5.41, 5.74) is 5.84. The molecule has 2 heterocycles. The van der Waals surface area contributed by atoms with Gasteiger partial charge in [0, 0.05) is 27.1 Å². The van der Waals surface area contributed by atoms with Crippen molar-refractivity contribution in [1.82, 2.24) is 18.7 Å². The molecule has 0 aliphatic rings. The van der Waals surface area contributed by atoms with Gasteiger partial charge in [-0.15, -0.1) is 0 Å². The van der Waals surface area contributed by atoms with Gasteiger partial charge in [0.05, 0.1) is 0 Å². The van der Waals surface area contributed by atoms with E-state index in [0.29, 0.717) is 24.1 Å². The van der Waals surface area contributed by atoms with Crippen molar-refractivity contribution in [2.24, 2.45) is 19.8 Å². The molecule has 0 amide bonds. The average molecular weight is 279 g/mol. The topological polar surface area (TPSA) is 87.8 Å². The molecule has 2 aromatic rings. The Morgan fingerprint density at radius 3 is 2.50 bits per heavy atom. The van der Waals surface area contributed by atoms with Gasteiger partial charge in [-0.05, 0) is 19.4 Å². The summed E-state index contributed by atoms with van der Waals surface area (Å²) in [5, 5.41) is 0. The minimum atomic E-state index is -0.341. The molecule has 7 nitrogen and oxygen atoms in total. The van der Waals surface area contributed by atoms with Crippen molar-refractivity contribution in [3.8, 4) is 0 Å². The number of aryl methyl sites for hydroxylation is 3. The maximum absolute atomic E-state index is 12.2. The van der Waals surface area contributed by atoms with Gasteiger partial charge in [0.15, 0.2) is 5.52 Å². The van der Waals surface area contributed by atoms with Crippen molar-refractivity contribution in [2.75, 3.05) is 6.54 Å². The molecule has 0 saturated carbocycles. The van der Waals surface area contributed by atoms with E-state index in [0.717, 1.165) is 29.8 Å². The smallest absolute Gasteiger partial charge is 0.330 e. The third-order valence-electron chi connectivity index (χ3n) is 3.47. The Bertz CT molecular complexity index is 738. The van der Waals surface area contributed by atoms with Gasteiger partial charge in [-0.2, -0.15) is 0 Å². The van der Waals surface area contributed by atoms with Crippen LogP contribution in [-0.2, 0) is 27.1 Å². The van der Waals surface area contributed by atoms with Crippen LogP contribution in [0.2, 0.25) is 0 Å². The minimum Gasteiger partial charge on any atom is -0.330 e. The highest BCUT2D eigenvalue weighted by atomic mass is 16.2.